The molecule has 0 spiro atoms. The van der Waals surface area contributed by atoms with Gasteiger partial charge >= 0.3 is 0 Å². The number of halogens is 2. The summed E-state index contributed by atoms with van der Waals surface area (Å²) in [7, 11) is 0. The summed E-state index contributed by atoms with van der Waals surface area (Å²) < 4.78 is 0.980. The molecule has 0 radical (unpaired) electrons. The van der Waals surface area contributed by atoms with Crippen LogP contribution < -0.4 is 5.32 Å². The molecule has 0 saturated carbocycles. The third kappa shape index (κ3) is 3.63. The smallest absolute Gasteiger partial charge is 0.161 e. The average Bonchev–Trinajstić information content (AvgIpc) is 2.21. The molecule has 1 aromatic rings. The molecule has 17 heavy (non-hydrogen) atoms. The lowest BCUT2D eigenvalue weighted by Gasteiger charge is -2.23. The zero-order valence-electron chi connectivity index (χ0n) is 9.71. The van der Waals surface area contributed by atoms with Gasteiger partial charge in [0.25, 0.3) is 0 Å². The predicted molar refractivity (Wildman–Crippen MR) is 81.3 cm³/mol. The number of hydrogen-bond donors (Lipinski definition) is 1. The monoisotopic (exact) mass is 332 g/mol. The van der Waals surface area contributed by atoms with Gasteiger partial charge in [-0.3, -0.25) is 4.99 Å². The van der Waals surface area contributed by atoms with E-state index in [1.54, 1.807) is 11.8 Å². The Labute approximate surface area is 119 Å². The second kappa shape index (κ2) is 5.63. The number of anilines is 1. The van der Waals surface area contributed by atoms with Crippen LogP contribution in [0, 0.1) is 0 Å². The molecule has 2 unspecified atom stereocenters. The van der Waals surface area contributed by atoms with Crippen LogP contribution in [0.3, 0.4) is 0 Å². The van der Waals surface area contributed by atoms with Crippen molar-refractivity contribution in [2.45, 2.75) is 31.6 Å². The van der Waals surface area contributed by atoms with Crippen molar-refractivity contribution in [3.63, 3.8) is 0 Å². The van der Waals surface area contributed by atoms with Gasteiger partial charge in [-0.2, -0.15) is 0 Å². The van der Waals surface area contributed by atoms with Crippen molar-refractivity contribution in [3.05, 3.63) is 27.7 Å². The first kappa shape index (κ1) is 13.2. The van der Waals surface area contributed by atoms with E-state index < -0.39 is 0 Å². The molecule has 1 N–H and O–H groups in total. The van der Waals surface area contributed by atoms with Crippen LogP contribution in [0.5, 0.6) is 0 Å². The van der Waals surface area contributed by atoms with Crippen molar-refractivity contribution in [1.29, 1.82) is 0 Å². The average molecular weight is 334 g/mol. The van der Waals surface area contributed by atoms with Crippen LogP contribution in [0.4, 0.5) is 5.69 Å². The molecule has 0 saturated heterocycles. The van der Waals surface area contributed by atoms with Crippen LogP contribution >= 0.6 is 39.3 Å². The third-order valence-corrected chi connectivity index (χ3v) is 4.33. The van der Waals surface area contributed by atoms with Gasteiger partial charge in [0, 0.05) is 9.72 Å². The lowest BCUT2D eigenvalue weighted by Crippen LogP contribution is -2.22. The van der Waals surface area contributed by atoms with Crippen LogP contribution in [0.1, 0.15) is 20.3 Å². The SMILES string of the molecule is CC1CC(C)SC(Nc2ccc(Br)cc2Cl)=N1. The molecule has 0 aromatic heterocycles. The summed E-state index contributed by atoms with van der Waals surface area (Å²) in [6.45, 7) is 4.36. The molecule has 2 rings (SSSR count). The highest BCUT2D eigenvalue weighted by molar-refractivity contribution is 9.10. The van der Waals surface area contributed by atoms with Crippen LogP contribution in [-0.4, -0.2) is 16.5 Å². The van der Waals surface area contributed by atoms with E-state index in [4.69, 9.17) is 11.6 Å². The van der Waals surface area contributed by atoms with E-state index >= 15 is 0 Å². The quantitative estimate of drug-likeness (QED) is 0.799. The second-order valence-corrected chi connectivity index (χ2v) is 6.95. The van der Waals surface area contributed by atoms with E-state index in [-0.39, 0.29) is 0 Å². The molecule has 1 aromatic carbocycles. The number of hydrogen-bond acceptors (Lipinski definition) is 3. The first-order valence-corrected chi connectivity index (χ1v) is 7.56. The first-order chi connectivity index (χ1) is 8.04. The maximum absolute atomic E-state index is 6.16. The number of thioether (sulfide) groups is 1. The van der Waals surface area contributed by atoms with Crippen LogP contribution in [-0.2, 0) is 0 Å². The van der Waals surface area contributed by atoms with E-state index in [2.05, 4.69) is 40.1 Å². The van der Waals surface area contributed by atoms with Gasteiger partial charge in [-0.05, 0) is 31.5 Å². The Kier molecular flexibility index (Phi) is 4.39. The fourth-order valence-electron chi connectivity index (χ4n) is 1.77. The highest BCUT2D eigenvalue weighted by Gasteiger charge is 2.18. The fourth-order valence-corrected chi connectivity index (χ4v) is 3.66. The van der Waals surface area contributed by atoms with Crippen molar-refractivity contribution >= 4 is 50.1 Å². The molecule has 1 aliphatic heterocycles. The molecule has 1 aliphatic rings. The molecular weight excluding hydrogens is 320 g/mol. The number of rotatable bonds is 1. The van der Waals surface area contributed by atoms with Crippen molar-refractivity contribution < 1.29 is 0 Å². The van der Waals surface area contributed by atoms with Gasteiger partial charge < -0.3 is 5.32 Å². The van der Waals surface area contributed by atoms with Gasteiger partial charge in [0.05, 0.1) is 16.8 Å². The fraction of sp³-hybridized carbons (Fsp3) is 0.417. The van der Waals surface area contributed by atoms with Gasteiger partial charge in [-0.25, -0.2) is 0 Å². The van der Waals surface area contributed by atoms with Crippen molar-refractivity contribution in [2.75, 3.05) is 5.32 Å². The van der Waals surface area contributed by atoms with Crippen LogP contribution in [0.2, 0.25) is 5.02 Å². The number of nitrogens with zero attached hydrogens (tertiary/aromatic N) is 1. The Hall–Kier alpha value is -0.190. The molecule has 5 heteroatoms. The molecular formula is C12H14BrClN2S. The van der Waals surface area contributed by atoms with E-state index in [1.165, 1.54) is 0 Å². The topological polar surface area (TPSA) is 24.4 Å². The zero-order valence-corrected chi connectivity index (χ0v) is 12.9. The van der Waals surface area contributed by atoms with Gasteiger partial charge in [0.1, 0.15) is 0 Å². The molecule has 0 fully saturated rings. The summed E-state index contributed by atoms with van der Waals surface area (Å²) in [6, 6.07) is 6.18. The Morgan fingerprint density at radius 2 is 2.24 bits per heavy atom. The Bertz CT molecular complexity index is 450. The van der Waals surface area contributed by atoms with E-state index in [0.29, 0.717) is 16.3 Å². The third-order valence-electron chi connectivity index (χ3n) is 2.50. The predicted octanol–water partition coefficient (Wildman–Crippen LogP) is 4.78. The summed E-state index contributed by atoms with van der Waals surface area (Å²) in [5.74, 6) is 0. The van der Waals surface area contributed by atoms with Gasteiger partial charge in [0.15, 0.2) is 5.17 Å². The maximum atomic E-state index is 6.16. The molecule has 1 heterocycles. The van der Waals surface area contributed by atoms with Gasteiger partial charge in [-0.15, -0.1) is 0 Å². The molecule has 0 bridgehead atoms. The van der Waals surface area contributed by atoms with Crippen LogP contribution in [0.15, 0.2) is 27.7 Å². The summed E-state index contributed by atoms with van der Waals surface area (Å²) in [5.41, 5.74) is 0.905. The number of nitrogens with one attached hydrogen (secondary N) is 1. The number of aliphatic imine (C=N–C) groups is 1. The minimum Gasteiger partial charge on any atom is -0.334 e. The van der Waals surface area contributed by atoms with Crippen molar-refractivity contribution in [1.82, 2.24) is 0 Å². The van der Waals surface area contributed by atoms with Gasteiger partial charge in [0.2, 0.25) is 0 Å². The van der Waals surface area contributed by atoms with E-state index in [1.807, 2.05) is 18.2 Å². The highest BCUT2D eigenvalue weighted by atomic mass is 79.9. The number of benzene rings is 1. The summed E-state index contributed by atoms with van der Waals surface area (Å²) in [4.78, 5) is 4.59. The van der Waals surface area contributed by atoms with Gasteiger partial charge in [-0.1, -0.05) is 46.2 Å². The maximum Gasteiger partial charge on any atom is 0.161 e. The first-order valence-electron chi connectivity index (χ1n) is 5.51. The molecule has 0 aliphatic carbocycles. The Morgan fingerprint density at radius 3 is 2.88 bits per heavy atom. The van der Waals surface area contributed by atoms with Crippen LogP contribution in [0.25, 0.3) is 0 Å². The highest BCUT2D eigenvalue weighted by Crippen LogP contribution is 2.30. The standard InChI is InChI=1S/C12H14BrClN2S/c1-7-5-8(2)17-12(15-7)16-11-4-3-9(13)6-10(11)14/h3-4,6-8H,5H2,1-2H3,(H,15,16). The molecule has 0 amide bonds. The summed E-state index contributed by atoms with van der Waals surface area (Å²) in [6.07, 6.45) is 1.13. The zero-order chi connectivity index (χ0) is 12.4. The minimum atomic E-state index is 0.378. The number of amidine groups is 1. The summed E-state index contributed by atoms with van der Waals surface area (Å²) >= 11 is 11.3. The van der Waals surface area contributed by atoms with Crippen molar-refractivity contribution in [3.8, 4) is 0 Å². The van der Waals surface area contributed by atoms with E-state index in [9.17, 15) is 0 Å². The normalized spacial score (nSPS) is 24.4. The Morgan fingerprint density at radius 1 is 1.47 bits per heavy atom. The lowest BCUT2D eigenvalue weighted by molar-refractivity contribution is 0.661. The minimum absolute atomic E-state index is 0.378. The molecule has 92 valence electrons. The second-order valence-electron chi connectivity index (χ2n) is 4.20. The Balaban J connectivity index is 2.15. The van der Waals surface area contributed by atoms with Crippen molar-refractivity contribution in [2.24, 2.45) is 4.99 Å². The summed E-state index contributed by atoms with van der Waals surface area (Å²) in [5, 5.41) is 5.56. The molecule has 2 atom stereocenters. The molecule has 2 nitrogen and oxygen atoms in total. The lowest BCUT2D eigenvalue weighted by atomic mass is 10.2. The van der Waals surface area contributed by atoms with E-state index in [0.717, 1.165) is 21.7 Å². The largest absolute Gasteiger partial charge is 0.334 e.